The Bertz CT molecular complexity index is 1250. The Morgan fingerprint density at radius 3 is 2.30 bits per heavy atom. The molecule has 2 heterocycles. The molecule has 2 aromatic heterocycles. The molecule has 2 aromatic carbocycles. The largest absolute Gasteiger partial charge is 0.416 e. The molecule has 0 atom stereocenters. The van der Waals surface area contributed by atoms with Crippen molar-refractivity contribution in [2.75, 3.05) is 0 Å². The van der Waals surface area contributed by atoms with Gasteiger partial charge in [-0.05, 0) is 31.2 Å². The van der Waals surface area contributed by atoms with E-state index in [1.54, 1.807) is 29.9 Å². The van der Waals surface area contributed by atoms with E-state index in [0.717, 1.165) is 24.3 Å². The molecule has 0 radical (unpaired) electrons. The third kappa shape index (κ3) is 3.59. The maximum absolute atomic E-state index is 14.4. The van der Waals surface area contributed by atoms with Crippen LogP contribution in [-0.4, -0.2) is 14.6 Å². The number of benzene rings is 2. The van der Waals surface area contributed by atoms with Gasteiger partial charge < -0.3 is 3.07 Å². The van der Waals surface area contributed by atoms with Gasteiger partial charge in [0.25, 0.3) is 0 Å². The van der Waals surface area contributed by atoms with E-state index in [1.165, 1.54) is 28.8 Å². The first-order valence-corrected chi connectivity index (χ1v) is 9.39. The monoisotopic (exact) mass is 531 g/mol. The quantitative estimate of drug-likeness (QED) is 0.227. The van der Waals surface area contributed by atoms with E-state index in [4.69, 9.17) is 3.07 Å². The number of halogens is 6. The number of rotatable bonds is 3. The zero-order valence-corrected chi connectivity index (χ0v) is 17.3. The molecule has 0 unspecified atom stereocenters. The molecular formula is C20H11F5IN3O. The van der Waals surface area contributed by atoms with Gasteiger partial charge in [0.2, 0.25) is 5.88 Å². The Kier molecular flexibility index (Phi) is 5.12. The standard InChI is InChI=1S/C20H11F5IN3O/c1-10-18(14-7-6-13(21)8-15(14)22)19-27-16(9-17(30-26)29(19)28-10)11-2-4-12(5-3-11)20(23,24)25/h2-9H,1H3. The van der Waals surface area contributed by atoms with Crippen LogP contribution in [0.15, 0.2) is 48.5 Å². The predicted molar refractivity (Wildman–Crippen MR) is 108 cm³/mol. The minimum atomic E-state index is -4.46. The molecule has 0 N–H and O–H groups in total. The van der Waals surface area contributed by atoms with Crippen molar-refractivity contribution in [1.29, 1.82) is 0 Å². The molecule has 0 amide bonds. The third-order valence-corrected chi connectivity index (χ3v) is 4.97. The van der Waals surface area contributed by atoms with Crippen LogP contribution in [0.2, 0.25) is 0 Å². The van der Waals surface area contributed by atoms with Crippen LogP contribution in [0.25, 0.3) is 28.0 Å². The molecule has 4 aromatic rings. The van der Waals surface area contributed by atoms with E-state index in [2.05, 4.69) is 10.1 Å². The normalized spacial score (nSPS) is 11.8. The molecule has 30 heavy (non-hydrogen) atoms. The highest BCUT2D eigenvalue weighted by Gasteiger charge is 2.30. The maximum atomic E-state index is 14.4. The lowest BCUT2D eigenvalue weighted by Gasteiger charge is -2.09. The SMILES string of the molecule is Cc1nn2c(OI)cc(-c3ccc(C(F)(F)F)cc3)nc2c1-c1ccc(F)cc1F. The van der Waals surface area contributed by atoms with Gasteiger partial charge in [0.15, 0.2) is 28.7 Å². The molecule has 154 valence electrons. The summed E-state index contributed by atoms with van der Waals surface area (Å²) in [5, 5.41) is 4.32. The number of aromatic nitrogens is 3. The van der Waals surface area contributed by atoms with Crippen molar-refractivity contribution in [1.82, 2.24) is 14.6 Å². The van der Waals surface area contributed by atoms with Crippen LogP contribution in [0.4, 0.5) is 22.0 Å². The van der Waals surface area contributed by atoms with Gasteiger partial charge in [-0.15, -0.1) is 0 Å². The van der Waals surface area contributed by atoms with Crippen LogP contribution < -0.4 is 3.07 Å². The maximum Gasteiger partial charge on any atom is 0.416 e. The van der Waals surface area contributed by atoms with Crippen LogP contribution in [-0.2, 0) is 6.18 Å². The van der Waals surface area contributed by atoms with Crippen LogP contribution in [0.3, 0.4) is 0 Å². The molecule has 0 saturated heterocycles. The average molecular weight is 531 g/mol. The summed E-state index contributed by atoms with van der Waals surface area (Å²) in [4.78, 5) is 4.48. The molecule has 10 heteroatoms. The highest BCUT2D eigenvalue weighted by Crippen LogP contribution is 2.35. The van der Waals surface area contributed by atoms with Crippen LogP contribution in [0.1, 0.15) is 11.3 Å². The Hall–Kier alpha value is -2.76. The molecular weight excluding hydrogens is 520 g/mol. The summed E-state index contributed by atoms with van der Waals surface area (Å²) in [6.45, 7) is 1.64. The molecule has 0 bridgehead atoms. The summed E-state index contributed by atoms with van der Waals surface area (Å²) < 4.78 is 73.0. The molecule has 0 saturated carbocycles. The number of alkyl halides is 3. The fraction of sp³-hybridized carbons (Fsp3) is 0.100. The number of hydrogen-bond acceptors (Lipinski definition) is 3. The minimum Gasteiger partial charge on any atom is -0.408 e. The van der Waals surface area contributed by atoms with Crippen molar-refractivity contribution >= 4 is 28.7 Å². The molecule has 0 aliphatic carbocycles. The molecule has 4 nitrogen and oxygen atoms in total. The minimum absolute atomic E-state index is 0.0976. The second-order valence-electron chi connectivity index (χ2n) is 6.45. The third-order valence-electron chi connectivity index (χ3n) is 4.52. The summed E-state index contributed by atoms with van der Waals surface area (Å²) in [5.41, 5.74) is 1.01. The van der Waals surface area contributed by atoms with E-state index in [0.29, 0.717) is 22.5 Å². The summed E-state index contributed by atoms with van der Waals surface area (Å²) in [7, 11) is 0. The number of aryl methyl sites for hydroxylation is 1. The van der Waals surface area contributed by atoms with Gasteiger partial charge in [-0.2, -0.15) is 22.8 Å². The van der Waals surface area contributed by atoms with Gasteiger partial charge in [-0.3, -0.25) is 0 Å². The van der Waals surface area contributed by atoms with Crippen LogP contribution in [0.5, 0.6) is 5.88 Å². The van der Waals surface area contributed by atoms with E-state index in [-0.39, 0.29) is 17.1 Å². The summed E-state index contributed by atoms with van der Waals surface area (Å²) in [6.07, 6.45) is -4.46. The Morgan fingerprint density at radius 2 is 1.70 bits per heavy atom. The number of nitrogens with zero attached hydrogens (tertiary/aromatic N) is 3. The van der Waals surface area contributed by atoms with E-state index >= 15 is 0 Å². The van der Waals surface area contributed by atoms with Crippen LogP contribution in [0, 0.1) is 18.6 Å². The van der Waals surface area contributed by atoms with Crippen molar-refractivity contribution in [2.45, 2.75) is 13.1 Å². The van der Waals surface area contributed by atoms with E-state index < -0.39 is 23.4 Å². The van der Waals surface area contributed by atoms with Gasteiger partial charge in [0.05, 0.1) is 22.5 Å². The topological polar surface area (TPSA) is 39.4 Å². The van der Waals surface area contributed by atoms with E-state index in [1.807, 2.05) is 0 Å². The lowest BCUT2D eigenvalue weighted by atomic mass is 10.0. The summed E-state index contributed by atoms with van der Waals surface area (Å²) in [6, 6.07) is 9.16. The molecule has 4 rings (SSSR count). The van der Waals surface area contributed by atoms with Crippen molar-refractivity contribution in [3.63, 3.8) is 0 Å². The molecule has 0 fully saturated rings. The van der Waals surface area contributed by atoms with Gasteiger partial charge in [0.1, 0.15) is 11.6 Å². The van der Waals surface area contributed by atoms with Crippen molar-refractivity contribution in [3.05, 3.63) is 71.4 Å². The smallest absolute Gasteiger partial charge is 0.408 e. The molecule has 0 aliphatic heterocycles. The zero-order valence-electron chi connectivity index (χ0n) is 15.1. The Morgan fingerprint density at radius 1 is 1.00 bits per heavy atom. The van der Waals surface area contributed by atoms with Gasteiger partial charge in [-0.25, -0.2) is 13.8 Å². The van der Waals surface area contributed by atoms with E-state index in [9.17, 15) is 22.0 Å². The lowest BCUT2D eigenvalue weighted by molar-refractivity contribution is -0.137. The summed E-state index contributed by atoms with van der Waals surface area (Å²) >= 11 is 1.64. The average Bonchev–Trinajstić information content (AvgIpc) is 3.02. The lowest BCUT2D eigenvalue weighted by Crippen LogP contribution is -2.04. The van der Waals surface area contributed by atoms with Crippen molar-refractivity contribution in [3.8, 4) is 28.3 Å². The first-order valence-electron chi connectivity index (χ1n) is 8.51. The van der Waals surface area contributed by atoms with Crippen LogP contribution >= 0.6 is 23.0 Å². The second kappa shape index (κ2) is 7.49. The first-order chi connectivity index (χ1) is 14.2. The first kappa shape index (κ1) is 20.5. The van der Waals surface area contributed by atoms with Gasteiger partial charge in [-0.1, -0.05) is 12.1 Å². The fourth-order valence-corrected chi connectivity index (χ4v) is 3.45. The van der Waals surface area contributed by atoms with Crippen molar-refractivity contribution in [2.24, 2.45) is 0 Å². The molecule has 0 spiro atoms. The fourth-order valence-electron chi connectivity index (χ4n) is 3.14. The number of hydrogen-bond donors (Lipinski definition) is 0. The molecule has 0 aliphatic rings. The highest BCUT2D eigenvalue weighted by molar-refractivity contribution is 14.1. The zero-order chi connectivity index (χ0) is 21.6. The second-order valence-corrected chi connectivity index (χ2v) is 6.89. The summed E-state index contributed by atoms with van der Waals surface area (Å²) in [5.74, 6) is -1.26. The number of fused-ring (bicyclic) bond motifs is 1. The van der Waals surface area contributed by atoms with Gasteiger partial charge in [0, 0.05) is 23.3 Å². The predicted octanol–water partition coefficient (Wildman–Crippen LogP) is 6.40. The van der Waals surface area contributed by atoms with Crippen molar-refractivity contribution < 1.29 is 25.0 Å². The Balaban J connectivity index is 1.93. The Labute approximate surface area is 181 Å². The highest BCUT2D eigenvalue weighted by atomic mass is 127. The van der Waals surface area contributed by atoms with Gasteiger partial charge >= 0.3 is 6.18 Å².